The van der Waals surface area contributed by atoms with Crippen molar-refractivity contribution in [2.75, 3.05) is 13.2 Å². The van der Waals surface area contributed by atoms with Gasteiger partial charge in [-0.05, 0) is 11.9 Å². The molecule has 29 heavy (non-hydrogen) atoms. The number of esters is 4. The standard InChI is InChI=1S/C16H23N3O10/c1-8(20)25-7-11-13(26-9(2)21)14(15(16(24)28-11)27-10(3)22)29-12(23)5-4-6-18-19-17/h11,13-16,24H,4-7H2,1-3H3/t11-,13-,14+,15+,16?/m1/s1/i4D/t4?,11-,13-,14+,15+,16?. The third-order valence-electron chi connectivity index (χ3n) is 3.52. The SMILES string of the molecule is [2H]C(CN=[N+]=[N-])CC(=O)O[C@H]1[C@H](OC(C)=O)[C@@H](COC(C)=O)OC(O)[C@H]1OC(C)=O. The third-order valence-corrected chi connectivity index (χ3v) is 3.52. The molecule has 0 saturated carbocycles. The first-order chi connectivity index (χ1) is 14.0. The summed E-state index contributed by atoms with van der Waals surface area (Å²) >= 11 is 0. The maximum absolute atomic E-state index is 12.3. The van der Waals surface area contributed by atoms with Crippen LogP contribution < -0.4 is 0 Å². The first-order valence-corrected chi connectivity index (χ1v) is 8.49. The van der Waals surface area contributed by atoms with Crippen LogP contribution in [0.1, 0.15) is 35.0 Å². The molecule has 0 amide bonds. The molecule has 0 spiro atoms. The second kappa shape index (κ2) is 11.8. The fraction of sp³-hybridized carbons (Fsp3) is 0.750. The zero-order valence-electron chi connectivity index (χ0n) is 17.0. The van der Waals surface area contributed by atoms with Crippen molar-refractivity contribution in [1.29, 1.82) is 0 Å². The van der Waals surface area contributed by atoms with Crippen molar-refractivity contribution in [1.82, 2.24) is 0 Å². The Morgan fingerprint density at radius 3 is 2.24 bits per heavy atom. The quantitative estimate of drug-likeness (QED) is 0.177. The Morgan fingerprint density at radius 1 is 1.07 bits per heavy atom. The lowest BCUT2D eigenvalue weighted by molar-refractivity contribution is -0.296. The molecule has 2 unspecified atom stereocenters. The summed E-state index contributed by atoms with van der Waals surface area (Å²) in [5.74, 6) is -3.30. The minimum Gasteiger partial charge on any atom is -0.463 e. The molecule has 1 saturated heterocycles. The summed E-state index contributed by atoms with van der Waals surface area (Å²) in [4.78, 5) is 48.9. The zero-order valence-corrected chi connectivity index (χ0v) is 16.0. The van der Waals surface area contributed by atoms with Gasteiger partial charge in [0.15, 0.2) is 24.6 Å². The summed E-state index contributed by atoms with van der Waals surface area (Å²) in [6.07, 6.45) is -9.15. The number of hydrogen-bond donors (Lipinski definition) is 1. The summed E-state index contributed by atoms with van der Waals surface area (Å²) in [6, 6.07) is 0. The number of aliphatic hydroxyl groups is 1. The predicted octanol–water partition coefficient (Wildman–Crippen LogP) is 0.132. The van der Waals surface area contributed by atoms with Gasteiger partial charge >= 0.3 is 23.9 Å². The van der Waals surface area contributed by atoms with Crippen LogP contribution in [0.2, 0.25) is 0 Å². The summed E-state index contributed by atoms with van der Waals surface area (Å²) in [5.41, 5.74) is 8.28. The summed E-state index contributed by atoms with van der Waals surface area (Å²) in [6.45, 7) is 2.48. The molecule has 0 aromatic carbocycles. The van der Waals surface area contributed by atoms with Gasteiger partial charge in [-0.1, -0.05) is 5.11 Å². The molecule has 162 valence electrons. The molecule has 1 heterocycles. The molecular weight excluding hydrogens is 394 g/mol. The van der Waals surface area contributed by atoms with Gasteiger partial charge in [0.1, 0.15) is 12.7 Å². The molecule has 0 aromatic rings. The second-order valence-electron chi connectivity index (χ2n) is 5.88. The maximum Gasteiger partial charge on any atom is 0.306 e. The molecule has 13 nitrogen and oxygen atoms in total. The Labute approximate surface area is 167 Å². The largest absolute Gasteiger partial charge is 0.463 e. The fourth-order valence-electron chi connectivity index (χ4n) is 2.49. The van der Waals surface area contributed by atoms with Crippen molar-refractivity contribution < 1.29 is 49.3 Å². The van der Waals surface area contributed by atoms with Crippen LogP contribution in [-0.4, -0.2) is 72.8 Å². The summed E-state index contributed by atoms with van der Waals surface area (Å²) in [7, 11) is 0. The molecule has 1 aliphatic heterocycles. The van der Waals surface area contributed by atoms with E-state index in [0.717, 1.165) is 20.8 Å². The van der Waals surface area contributed by atoms with E-state index in [0.29, 0.717) is 0 Å². The van der Waals surface area contributed by atoms with Crippen molar-refractivity contribution in [3.05, 3.63) is 10.4 Å². The van der Waals surface area contributed by atoms with Gasteiger partial charge in [-0.2, -0.15) is 0 Å². The highest BCUT2D eigenvalue weighted by Gasteiger charge is 2.51. The molecule has 13 heteroatoms. The van der Waals surface area contributed by atoms with E-state index < -0.39 is 74.0 Å². The second-order valence-corrected chi connectivity index (χ2v) is 5.88. The average Bonchev–Trinajstić information content (AvgIpc) is 2.62. The third kappa shape index (κ3) is 8.34. The van der Waals surface area contributed by atoms with Gasteiger partial charge in [0.05, 0.1) is 0 Å². The molecule has 1 fully saturated rings. The topological polar surface area (TPSA) is 183 Å². The lowest BCUT2D eigenvalue weighted by Crippen LogP contribution is -2.62. The van der Waals surface area contributed by atoms with Crippen LogP contribution in [0.5, 0.6) is 0 Å². The van der Waals surface area contributed by atoms with Crippen molar-refractivity contribution >= 4 is 23.9 Å². The van der Waals surface area contributed by atoms with Crippen LogP contribution in [0.25, 0.3) is 10.4 Å². The molecule has 0 radical (unpaired) electrons. The summed E-state index contributed by atoms with van der Waals surface area (Å²) < 4.78 is 33.1. The Balaban J connectivity index is 3.12. The first kappa shape index (κ1) is 22.4. The first-order valence-electron chi connectivity index (χ1n) is 9.06. The molecule has 6 atom stereocenters. The fourth-order valence-corrected chi connectivity index (χ4v) is 2.49. The molecule has 1 N–H and O–H groups in total. The Kier molecular flexibility index (Phi) is 9.15. The number of hydrogen-bond acceptors (Lipinski definition) is 11. The van der Waals surface area contributed by atoms with Crippen LogP contribution in [-0.2, 0) is 42.9 Å². The number of ether oxygens (including phenoxy) is 5. The van der Waals surface area contributed by atoms with Crippen LogP contribution in [0.4, 0.5) is 0 Å². The smallest absolute Gasteiger partial charge is 0.306 e. The minimum atomic E-state index is -1.80. The van der Waals surface area contributed by atoms with E-state index in [1.54, 1.807) is 0 Å². The highest BCUT2D eigenvalue weighted by atomic mass is 16.7. The number of carbonyl (C=O) groups is 4. The van der Waals surface area contributed by atoms with E-state index in [1.807, 2.05) is 0 Å². The molecular formula is C16H23N3O10. The summed E-state index contributed by atoms with van der Waals surface area (Å²) in [5, 5.41) is 13.4. The van der Waals surface area contributed by atoms with E-state index in [2.05, 4.69) is 10.0 Å². The lowest BCUT2D eigenvalue weighted by atomic mass is 9.98. The number of azide groups is 1. The molecule has 1 aliphatic rings. The number of rotatable bonds is 9. The minimum absolute atomic E-state index is 0.294. The predicted molar refractivity (Wildman–Crippen MR) is 91.7 cm³/mol. The van der Waals surface area contributed by atoms with Crippen LogP contribution in [0, 0.1) is 0 Å². The highest BCUT2D eigenvalue weighted by Crippen LogP contribution is 2.28. The van der Waals surface area contributed by atoms with Crippen LogP contribution in [0.15, 0.2) is 5.11 Å². The average molecular weight is 418 g/mol. The van der Waals surface area contributed by atoms with Gasteiger partial charge in [0.25, 0.3) is 0 Å². The normalized spacial score (nSPS) is 27.4. The number of carbonyl (C=O) groups excluding carboxylic acids is 4. The Morgan fingerprint density at radius 2 is 1.69 bits per heavy atom. The van der Waals surface area contributed by atoms with Gasteiger partial charge < -0.3 is 28.8 Å². The van der Waals surface area contributed by atoms with Gasteiger partial charge in [0, 0.05) is 40.0 Å². The van der Waals surface area contributed by atoms with Crippen molar-refractivity contribution in [2.45, 2.75) is 64.3 Å². The molecule has 0 aliphatic carbocycles. The van der Waals surface area contributed by atoms with Crippen molar-refractivity contribution in [2.24, 2.45) is 5.11 Å². The molecule has 0 aromatic heterocycles. The molecule has 1 rings (SSSR count). The lowest BCUT2D eigenvalue weighted by Gasteiger charge is -2.42. The van der Waals surface area contributed by atoms with Crippen molar-refractivity contribution in [3.8, 4) is 0 Å². The van der Waals surface area contributed by atoms with Gasteiger partial charge in [-0.3, -0.25) is 19.2 Å². The number of aliphatic hydroxyl groups excluding tert-OH is 1. The Bertz CT molecular complexity index is 699. The van der Waals surface area contributed by atoms with Gasteiger partial charge in [-0.25, -0.2) is 0 Å². The van der Waals surface area contributed by atoms with E-state index in [1.165, 1.54) is 0 Å². The van der Waals surface area contributed by atoms with Crippen LogP contribution in [0.3, 0.4) is 0 Å². The maximum atomic E-state index is 12.3. The molecule has 0 bridgehead atoms. The van der Waals surface area contributed by atoms with Crippen molar-refractivity contribution in [3.63, 3.8) is 0 Å². The van der Waals surface area contributed by atoms with E-state index in [4.69, 9.17) is 30.6 Å². The van der Waals surface area contributed by atoms with Crippen LogP contribution >= 0.6 is 0 Å². The Hall–Kier alpha value is -2.89. The van der Waals surface area contributed by atoms with E-state index >= 15 is 0 Å². The number of nitrogens with zero attached hydrogens (tertiary/aromatic N) is 3. The zero-order chi connectivity index (χ0) is 22.8. The van der Waals surface area contributed by atoms with E-state index in [-0.39, 0.29) is 6.54 Å². The van der Waals surface area contributed by atoms with Gasteiger partial charge in [-0.15, -0.1) is 0 Å². The van der Waals surface area contributed by atoms with E-state index in [9.17, 15) is 24.3 Å². The van der Waals surface area contributed by atoms with Gasteiger partial charge in [0.2, 0.25) is 0 Å². The monoisotopic (exact) mass is 418 g/mol. The highest BCUT2D eigenvalue weighted by molar-refractivity contribution is 5.70.